The number of aliphatic hydroxyl groups is 4. The lowest BCUT2D eigenvalue weighted by Crippen LogP contribution is -2.46. The van der Waals surface area contributed by atoms with Crippen molar-refractivity contribution in [2.75, 3.05) is 44.4 Å². The number of thioether (sulfide) groups is 1. The van der Waals surface area contributed by atoms with Gasteiger partial charge in [-0.25, -0.2) is 19.3 Å². The van der Waals surface area contributed by atoms with Crippen LogP contribution in [0.25, 0.3) is 11.2 Å². The quantitative estimate of drug-likeness (QED) is 0.0455. The van der Waals surface area contributed by atoms with E-state index in [0.29, 0.717) is 11.8 Å². The second-order valence-corrected chi connectivity index (χ2v) is 17.0. The van der Waals surface area contributed by atoms with Gasteiger partial charge >= 0.3 is 0 Å². The molecule has 2 aromatic rings. The third kappa shape index (κ3) is 13.3. The topological polar surface area (TPSA) is 415 Å². The normalized spacial score (nSPS) is 22.6. The average Bonchev–Trinajstić information content (AvgIpc) is 3.64. The number of nitrogens with zero attached hydrogens (tertiary/aromatic N) is 4. The molecule has 0 saturated carbocycles. The van der Waals surface area contributed by atoms with Crippen LogP contribution in [0.3, 0.4) is 0 Å². The van der Waals surface area contributed by atoms with Crippen LogP contribution in [0.2, 0.25) is 0 Å². The Morgan fingerprint density at radius 1 is 1.07 bits per heavy atom. The highest BCUT2D eigenvalue weighted by Gasteiger charge is 2.47. The first-order chi connectivity index (χ1) is 25.0. The highest BCUT2D eigenvalue weighted by atomic mass is 32.2. The molecule has 306 valence electrons. The second kappa shape index (κ2) is 19.1. The number of fused-ring (bicyclic) bond motifs is 1. The van der Waals surface area contributed by atoms with Crippen LogP contribution in [0.4, 0.5) is 5.82 Å². The molecule has 2 unspecified atom stereocenters. The molecule has 8 N–H and O–H groups in total. The molecule has 0 aliphatic carbocycles. The molecule has 1 aliphatic rings. The van der Waals surface area contributed by atoms with Crippen molar-refractivity contribution in [1.29, 1.82) is 0 Å². The lowest BCUT2D eigenvalue weighted by atomic mass is 9.87. The predicted molar refractivity (Wildman–Crippen MR) is 171 cm³/mol. The summed E-state index contributed by atoms with van der Waals surface area (Å²) in [6, 6.07) is 0. The number of carbonyl (C=O) groups excluding carboxylic acids is 3. The van der Waals surface area contributed by atoms with E-state index in [-0.39, 0.29) is 42.2 Å². The highest BCUT2D eigenvalue weighted by Crippen LogP contribution is 2.56. The Labute approximate surface area is 309 Å². The predicted octanol–water partition coefficient (Wildman–Crippen LogP) is -5.51. The Balaban J connectivity index is 1.51. The van der Waals surface area contributed by atoms with E-state index in [9.17, 15) is 63.0 Å². The van der Waals surface area contributed by atoms with Crippen molar-refractivity contribution in [2.24, 2.45) is 5.41 Å². The molecule has 0 aromatic carbocycles. The van der Waals surface area contributed by atoms with Gasteiger partial charge in [0.2, 0.25) is 16.9 Å². The third-order valence-electron chi connectivity index (χ3n) is 7.17. The number of nitrogen functional groups attached to an aromatic ring is 1. The Morgan fingerprint density at radius 2 is 1.74 bits per heavy atom. The smallest absolute Gasteiger partial charge is 0.274 e. The van der Waals surface area contributed by atoms with E-state index >= 15 is 0 Å². The van der Waals surface area contributed by atoms with Crippen molar-refractivity contribution in [1.82, 2.24) is 30.2 Å². The van der Waals surface area contributed by atoms with Crippen molar-refractivity contribution in [2.45, 2.75) is 57.0 Å². The molecule has 0 spiro atoms. The Kier molecular flexibility index (Phi) is 16.2. The Hall–Kier alpha value is -2.52. The number of phosphoric ester groups is 3. The van der Waals surface area contributed by atoms with Gasteiger partial charge in [-0.05, 0) is 0 Å². The van der Waals surface area contributed by atoms with Crippen molar-refractivity contribution in [3.63, 3.8) is 0 Å². The van der Waals surface area contributed by atoms with Crippen LogP contribution in [0.15, 0.2) is 12.7 Å². The molecule has 54 heavy (non-hydrogen) atoms. The standard InChI is InChI=1S/C24H40N7O19P3S/c1-24(2,18(36)21(37)27-4-3-14(34)26-5-6-54-23(38)12(33)7-32)9-47-53(44,45)50-52(42,43)46-8-13-17(49-51(39,40)41)16(35)22(48-13)31-11-30-15-19(25)28-10-29-20(15)31/h10-13,16-18,22,32-33,35-36H,3-9H2,1-2H3,(H,26,34)(H,27,37)(H,42,43)(H,44,45)(H2,25,28,29)(H2,39,40,41)/p-4/t12-,13-,16-,17-,18+,22-/m1/s1. The fourth-order valence-corrected chi connectivity index (χ4v) is 7.84. The zero-order valence-corrected chi connectivity index (χ0v) is 31.6. The van der Waals surface area contributed by atoms with E-state index in [0.717, 1.165) is 31.1 Å². The number of aliphatic hydroxyl groups excluding tert-OH is 4. The van der Waals surface area contributed by atoms with E-state index in [4.69, 9.17) is 15.6 Å². The summed E-state index contributed by atoms with van der Waals surface area (Å²) in [5.41, 5.74) is 4.00. The monoisotopic (exact) mass is 851 g/mol. The van der Waals surface area contributed by atoms with Crippen molar-refractivity contribution < 1.29 is 90.7 Å². The number of aromatic nitrogens is 4. The molecule has 30 heteroatoms. The van der Waals surface area contributed by atoms with Crippen molar-refractivity contribution in [3.8, 4) is 0 Å². The SMILES string of the molecule is CC(C)(COP(=O)([O-])OP(=O)([O-])OC[C@H]1O[C@@H](n2cnc3c(N)ncnc32)[C@H](O)[C@@H]1OP(=O)([O-])[O-])[C@@H](O)C(=O)NCCC(=O)NCCSC(=O)[C@H](O)CO. The summed E-state index contributed by atoms with van der Waals surface area (Å²) in [5.74, 6) is -1.62. The largest absolute Gasteiger partial charge is 0.790 e. The molecule has 1 fully saturated rings. The van der Waals surface area contributed by atoms with Gasteiger partial charge in [-0.2, -0.15) is 0 Å². The van der Waals surface area contributed by atoms with Crippen LogP contribution in [0, 0.1) is 5.41 Å². The minimum absolute atomic E-state index is 0.0161. The number of imidazole rings is 1. The highest BCUT2D eigenvalue weighted by molar-refractivity contribution is 8.13. The fraction of sp³-hybridized carbons (Fsp3) is 0.667. The fourth-order valence-electron chi connectivity index (χ4n) is 4.43. The molecule has 2 amide bonds. The van der Waals surface area contributed by atoms with Gasteiger partial charge in [-0.15, -0.1) is 0 Å². The van der Waals surface area contributed by atoms with Crippen LogP contribution >= 0.6 is 35.2 Å². The summed E-state index contributed by atoms with van der Waals surface area (Å²) in [6.45, 7) is -1.00. The first-order valence-electron chi connectivity index (χ1n) is 15.2. The first-order valence-corrected chi connectivity index (χ1v) is 20.6. The van der Waals surface area contributed by atoms with Gasteiger partial charge in [0, 0.05) is 30.7 Å². The second-order valence-electron chi connectivity index (χ2n) is 11.8. The van der Waals surface area contributed by atoms with Crippen LogP contribution in [0.1, 0.15) is 26.5 Å². The summed E-state index contributed by atoms with van der Waals surface area (Å²) in [5, 5.41) is 43.1. The molecule has 0 radical (unpaired) electrons. The summed E-state index contributed by atoms with van der Waals surface area (Å²) in [4.78, 5) is 95.0. The number of rotatable bonds is 21. The molecule has 1 aliphatic heterocycles. The minimum Gasteiger partial charge on any atom is -0.790 e. The number of hydrogen-bond donors (Lipinski definition) is 7. The number of anilines is 1. The first kappa shape index (κ1) is 45.9. The number of hydrogen-bond acceptors (Lipinski definition) is 24. The molecule has 2 aromatic heterocycles. The summed E-state index contributed by atoms with van der Waals surface area (Å²) < 4.78 is 60.2. The number of nitrogens with one attached hydrogen (secondary N) is 2. The summed E-state index contributed by atoms with van der Waals surface area (Å²) in [6.07, 6.45) is -9.32. The number of carbonyl (C=O) groups is 3. The van der Waals surface area contributed by atoms with Crippen LogP contribution in [-0.2, 0) is 50.7 Å². The van der Waals surface area contributed by atoms with E-state index < -0.39 is 102 Å². The molecule has 26 nitrogen and oxygen atoms in total. The molecule has 1 saturated heterocycles. The summed E-state index contributed by atoms with van der Waals surface area (Å²) >= 11 is 0.681. The maximum Gasteiger partial charge on any atom is 0.274 e. The van der Waals surface area contributed by atoms with Gasteiger partial charge in [-0.1, -0.05) is 25.6 Å². The average molecular weight is 852 g/mol. The number of amides is 2. The minimum atomic E-state index is -5.93. The number of ether oxygens (including phenoxy) is 1. The van der Waals surface area contributed by atoms with Crippen molar-refractivity contribution >= 4 is 69.1 Å². The molecular weight excluding hydrogens is 815 g/mol. The van der Waals surface area contributed by atoms with Gasteiger partial charge in [0.05, 0.1) is 34.0 Å². The van der Waals surface area contributed by atoms with Crippen molar-refractivity contribution in [3.05, 3.63) is 12.7 Å². The maximum atomic E-state index is 12.5. The van der Waals surface area contributed by atoms with Gasteiger partial charge < -0.3 is 79.2 Å². The molecular formula is C24H36N7O19P3S-4. The number of nitrogens with two attached hydrogens (primary N) is 1. The lowest BCUT2D eigenvalue weighted by Gasteiger charge is -2.36. The molecule has 8 atom stereocenters. The summed E-state index contributed by atoms with van der Waals surface area (Å²) in [7, 11) is -17.6. The Morgan fingerprint density at radius 3 is 2.39 bits per heavy atom. The third-order valence-corrected chi connectivity index (χ3v) is 11.1. The Bertz CT molecular complexity index is 1780. The van der Waals surface area contributed by atoms with E-state index in [1.807, 2.05) is 0 Å². The van der Waals surface area contributed by atoms with Crippen LogP contribution < -0.4 is 35.9 Å². The van der Waals surface area contributed by atoms with Gasteiger partial charge in [0.25, 0.3) is 15.6 Å². The maximum absolute atomic E-state index is 12.5. The van der Waals surface area contributed by atoms with E-state index in [2.05, 4.69) is 43.5 Å². The van der Waals surface area contributed by atoms with Gasteiger partial charge in [0.15, 0.2) is 17.7 Å². The van der Waals surface area contributed by atoms with E-state index in [1.54, 1.807) is 0 Å². The lowest BCUT2D eigenvalue weighted by molar-refractivity contribution is -0.347. The zero-order chi connectivity index (χ0) is 40.6. The van der Waals surface area contributed by atoms with Gasteiger partial charge in [-0.3, -0.25) is 28.1 Å². The number of phosphoric acid groups is 3. The molecule has 0 bridgehead atoms. The van der Waals surface area contributed by atoms with Crippen LogP contribution in [0.5, 0.6) is 0 Å². The zero-order valence-electron chi connectivity index (χ0n) is 28.1. The molecule has 3 rings (SSSR count). The van der Waals surface area contributed by atoms with Crippen LogP contribution in [-0.4, -0.2) is 126 Å². The molecule has 3 heterocycles. The van der Waals surface area contributed by atoms with E-state index in [1.165, 1.54) is 0 Å². The van der Waals surface area contributed by atoms with Gasteiger partial charge in [0.1, 0.15) is 42.4 Å².